The van der Waals surface area contributed by atoms with E-state index in [0.29, 0.717) is 22.9 Å². The van der Waals surface area contributed by atoms with Crippen LogP contribution in [0.25, 0.3) is 20.9 Å². The Morgan fingerprint density at radius 3 is 2.69 bits per heavy atom. The van der Waals surface area contributed by atoms with Gasteiger partial charge in [-0.05, 0) is 36.4 Å². The van der Waals surface area contributed by atoms with E-state index in [1.54, 1.807) is 31.5 Å². The highest BCUT2D eigenvalue weighted by atomic mass is 32.1. The summed E-state index contributed by atoms with van der Waals surface area (Å²) >= 11 is 1.51. The summed E-state index contributed by atoms with van der Waals surface area (Å²) in [4.78, 5) is 22.3. The first-order valence-electron chi connectivity index (χ1n) is 8.78. The maximum atomic E-state index is 12.5. The van der Waals surface area contributed by atoms with Gasteiger partial charge < -0.3 is 20.1 Å². The number of methoxy groups -OCH3 is 2. The number of nitrogens with zero attached hydrogens (tertiary/aromatic N) is 2. The molecule has 0 radical (unpaired) electrons. The van der Waals surface area contributed by atoms with Crippen LogP contribution in [0, 0.1) is 0 Å². The first-order chi connectivity index (χ1) is 14.2. The number of amides is 2. The number of anilines is 2. The van der Waals surface area contributed by atoms with E-state index in [1.165, 1.54) is 18.4 Å². The molecule has 0 aliphatic carbocycles. The van der Waals surface area contributed by atoms with Crippen molar-refractivity contribution < 1.29 is 14.3 Å². The number of carbonyl (C=O) groups is 1. The number of aromatic nitrogens is 2. The Balaban J connectivity index is 1.51. The molecule has 2 N–H and O–H groups in total. The highest BCUT2D eigenvalue weighted by Gasteiger charge is 2.11. The average molecular weight is 406 g/mol. The van der Waals surface area contributed by atoms with Crippen LogP contribution < -0.4 is 20.1 Å². The van der Waals surface area contributed by atoms with E-state index in [4.69, 9.17) is 9.47 Å². The first kappa shape index (κ1) is 18.7. The molecule has 2 amide bonds. The third-order valence-corrected chi connectivity index (χ3v) is 5.22. The number of rotatable bonds is 5. The van der Waals surface area contributed by atoms with Crippen molar-refractivity contribution in [1.82, 2.24) is 9.97 Å². The molecule has 146 valence electrons. The van der Waals surface area contributed by atoms with Gasteiger partial charge in [0, 0.05) is 23.5 Å². The maximum absolute atomic E-state index is 12.5. The van der Waals surface area contributed by atoms with Crippen LogP contribution in [0.5, 0.6) is 11.5 Å². The fourth-order valence-corrected chi connectivity index (χ4v) is 3.71. The highest BCUT2D eigenvalue weighted by molar-refractivity contribution is 7.21. The van der Waals surface area contributed by atoms with E-state index >= 15 is 0 Å². The smallest absolute Gasteiger partial charge is 0.323 e. The quantitative estimate of drug-likeness (QED) is 0.486. The number of urea groups is 1. The first-order valence-corrected chi connectivity index (χ1v) is 9.60. The van der Waals surface area contributed by atoms with Gasteiger partial charge in [0.15, 0.2) is 0 Å². The fourth-order valence-electron chi connectivity index (χ4n) is 2.81. The SMILES string of the molecule is COc1ccc(NC(=O)Nc2cccc(-c3nc4cccnc4s3)c2)c(OC)c1. The summed E-state index contributed by atoms with van der Waals surface area (Å²) in [5, 5.41) is 6.47. The Hall–Kier alpha value is -3.65. The number of nitrogens with one attached hydrogen (secondary N) is 2. The molecule has 0 bridgehead atoms. The van der Waals surface area contributed by atoms with Crippen molar-refractivity contribution in [2.24, 2.45) is 0 Å². The van der Waals surface area contributed by atoms with Gasteiger partial charge in [0.1, 0.15) is 26.9 Å². The van der Waals surface area contributed by atoms with Gasteiger partial charge in [-0.2, -0.15) is 0 Å². The molecule has 0 saturated heterocycles. The second kappa shape index (κ2) is 8.15. The number of fused-ring (bicyclic) bond motifs is 1. The van der Waals surface area contributed by atoms with Gasteiger partial charge in [0.25, 0.3) is 0 Å². The number of carbonyl (C=O) groups excluding carboxylic acids is 1. The standard InChI is InChI=1S/C21H18N4O3S/c1-27-15-8-9-16(18(12-15)28-2)25-21(26)23-14-6-3-5-13(11-14)19-24-17-7-4-10-22-20(17)29-19/h3-12H,1-2H3,(H2,23,25,26). The molecule has 0 aliphatic rings. The Morgan fingerprint density at radius 1 is 1.00 bits per heavy atom. The molecule has 29 heavy (non-hydrogen) atoms. The third kappa shape index (κ3) is 4.12. The molecule has 0 saturated carbocycles. The summed E-state index contributed by atoms with van der Waals surface area (Å²) in [6.07, 6.45) is 1.75. The molecule has 0 atom stereocenters. The lowest BCUT2D eigenvalue weighted by molar-refractivity contribution is 0.262. The molecule has 0 spiro atoms. The summed E-state index contributed by atoms with van der Waals surface area (Å²) in [6.45, 7) is 0. The van der Waals surface area contributed by atoms with Gasteiger partial charge in [-0.1, -0.05) is 23.5 Å². The van der Waals surface area contributed by atoms with E-state index in [0.717, 1.165) is 20.9 Å². The van der Waals surface area contributed by atoms with Crippen LogP contribution in [0.1, 0.15) is 0 Å². The van der Waals surface area contributed by atoms with Crippen LogP contribution in [0.3, 0.4) is 0 Å². The predicted molar refractivity (Wildman–Crippen MR) is 115 cm³/mol. The minimum absolute atomic E-state index is 0.378. The Kier molecular flexibility index (Phi) is 5.26. The molecule has 2 heterocycles. The largest absolute Gasteiger partial charge is 0.497 e. The number of benzene rings is 2. The average Bonchev–Trinajstić information content (AvgIpc) is 3.18. The summed E-state index contributed by atoms with van der Waals surface area (Å²) < 4.78 is 10.5. The number of thiazole rings is 1. The molecule has 0 unspecified atom stereocenters. The van der Waals surface area contributed by atoms with Crippen LogP contribution >= 0.6 is 11.3 Å². The summed E-state index contributed by atoms with van der Waals surface area (Å²) in [5.41, 5.74) is 2.96. The molecule has 2 aromatic carbocycles. The van der Waals surface area contributed by atoms with Crippen LogP contribution in [0.15, 0.2) is 60.8 Å². The lowest BCUT2D eigenvalue weighted by atomic mass is 10.2. The van der Waals surface area contributed by atoms with Gasteiger partial charge in [0.05, 0.1) is 19.9 Å². The van der Waals surface area contributed by atoms with Crippen LogP contribution in [-0.4, -0.2) is 30.2 Å². The van der Waals surface area contributed by atoms with E-state index in [-0.39, 0.29) is 6.03 Å². The van der Waals surface area contributed by atoms with Crippen LogP contribution in [-0.2, 0) is 0 Å². The Morgan fingerprint density at radius 2 is 1.90 bits per heavy atom. The van der Waals surface area contributed by atoms with Crippen molar-refractivity contribution >= 4 is 39.1 Å². The normalized spacial score (nSPS) is 10.6. The van der Waals surface area contributed by atoms with Crippen molar-refractivity contribution in [1.29, 1.82) is 0 Å². The fraction of sp³-hybridized carbons (Fsp3) is 0.0952. The van der Waals surface area contributed by atoms with E-state index in [2.05, 4.69) is 20.6 Å². The predicted octanol–water partition coefficient (Wildman–Crippen LogP) is 5.02. The van der Waals surface area contributed by atoms with Crippen LogP contribution in [0.4, 0.5) is 16.2 Å². The molecule has 7 nitrogen and oxygen atoms in total. The van der Waals surface area contributed by atoms with Crippen molar-refractivity contribution in [2.75, 3.05) is 24.9 Å². The summed E-state index contributed by atoms with van der Waals surface area (Å²) in [6, 6.07) is 16.1. The van der Waals surface area contributed by atoms with Gasteiger partial charge in [-0.15, -0.1) is 0 Å². The second-order valence-electron chi connectivity index (χ2n) is 6.07. The monoisotopic (exact) mass is 406 g/mol. The molecule has 2 aromatic heterocycles. The maximum Gasteiger partial charge on any atom is 0.323 e. The summed E-state index contributed by atoms with van der Waals surface area (Å²) in [5.74, 6) is 1.15. The Bertz CT molecular complexity index is 1140. The second-order valence-corrected chi connectivity index (χ2v) is 7.05. The van der Waals surface area contributed by atoms with E-state index in [1.807, 2.05) is 36.4 Å². The topological polar surface area (TPSA) is 85.4 Å². The molecule has 4 aromatic rings. The number of pyridine rings is 1. The van der Waals surface area contributed by atoms with Gasteiger partial charge in [-0.3, -0.25) is 0 Å². The van der Waals surface area contributed by atoms with Crippen molar-refractivity contribution in [3.63, 3.8) is 0 Å². The van der Waals surface area contributed by atoms with Gasteiger partial charge in [-0.25, -0.2) is 14.8 Å². The summed E-state index contributed by atoms with van der Waals surface area (Å²) in [7, 11) is 3.11. The van der Waals surface area contributed by atoms with E-state index in [9.17, 15) is 4.79 Å². The number of ether oxygens (including phenoxy) is 2. The number of hydrogen-bond acceptors (Lipinski definition) is 6. The lowest BCUT2D eigenvalue weighted by Gasteiger charge is -2.12. The minimum atomic E-state index is -0.378. The van der Waals surface area contributed by atoms with E-state index < -0.39 is 0 Å². The minimum Gasteiger partial charge on any atom is -0.497 e. The lowest BCUT2D eigenvalue weighted by Crippen LogP contribution is -2.19. The van der Waals surface area contributed by atoms with Crippen LogP contribution in [0.2, 0.25) is 0 Å². The molecular weight excluding hydrogens is 388 g/mol. The van der Waals surface area contributed by atoms with Crippen molar-refractivity contribution in [2.45, 2.75) is 0 Å². The zero-order valence-corrected chi connectivity index (χ0v) is 16.6. The molecule has 0 aliphatic heterocycles. The highest BCUT2D eigenvalue weighted by Crippen LogP contribution is 2.31. The Labute approximate surface area is 171 Å². The van der Waals surface area contributed by atoms with Crippen molar-refractivity contribution in [3.05, 3.63) is 60.8 Å². The zero-order valence-electron chi connectivity index (χ0n) is 15.8. The van der Waals surface area contributed by atoms with Gasteiger partial charge >= 0.3 is 6.03 Å². The third-order valence-electron chi connectivity index (χ3n) is 4.19. The molecule has 4 rings (SSSR count). The molecule has 8 heteroatoms. The zero-order chi connectivity index (χ0) is 20.2. The number of hydrogen-bond donors (Lipinski definition) is 2. The molecule has 0 fully saturated rings. The van der Waals surface area contributed by atoms with Crippen molar-refractivity contribution in [3.8, 4) is 22.1 Å². The molecular formula is C21H18N4O3S. The van der Waals surface area contributed by atoms with Gasteiger partial charge in [0.2, 0.25) is 0 Å².